The molecule has 3 heteroatoms. The molecule has 1 saturated carbocycles. The minimum atomic E-state index is -0.395. The lowest BCUT2D eigenvalue weighted by Crippen LogP contribution is -2.36. The van der Waals surface area contributed by atoms with E-state index in [2.05, 4.69) is 18.8 Å². The maximum absolute atomic E-state index is 9.71. The topological polar surface area (TPSA) is 41.5 Å². The fraction of sp³-hybridized carbons (Fsp3) is 0.846. The van der Waals surface area contributed by atoms with Crippen LogP contribution < -0.4 is 5.32 Å². The molecule has 0 spiro atoms. The summed E-state index contributed by atoms with van der Waals surface area (Å²) in [5.41, 5.74) is 0. The first-order valence-corrected chi connectivity index (χ1v) is 6.36. The molecule has 16 heavy (non-hydrogen) atoms. The molecular weight excluding hydrogens is 202 g/mol. The molecule has 1 fully saturated rings. The zero-order valence-electron chi connectivity index (χ0n) is 10.3. The van der Waals surface area contributed by atoms with Gasteiger partial charge in [-0.1, -0.05) is 18.9 Å². The number of rotatable bonds is 8. The van der Waals surface area contributed by atoms with E-state index in [1.807, 2.05) is 6.08 Å². The lowest BCUT2D eigenvalue weighted by Gasteiger charge is -2.18. The quantitative estimate of drug-likeness (QED) is 0.622. The number of hydrogen-bond donors (Lipinski definition) is 2. The smallest absolute Gasteiger partial charge is 0.0897 e. The Labute approximate surface area is 98.9 Å². The van der Waals surface area contributed by atoms with Crippen LogP contribution in [0, 0.1) is 0 Å². The van der Waals surface area contributed by atoms with Crippen molar-refractivity contribution in [3.63, 3.8) is 0 Å². The van der Waals surface area contributed by atoms with Crippen LogP contribution in [0.5, 0.6) is 0 Å². The lowest BCUT2D eigenvalue weighted by atomic mass is 10.2. The molecule has 1 rings (SSSR count). The predicted molar refractivity (Wildman–Crippen MR) is 66.5 cm³/mol. The van der Waals surface area contributed by atoms with Crippen LogP contribution >= 0.6 is 0 Å². The minimum Gasteiger partial charge on any atom is -0.389 e. The highest BCUT2D eigenvalue weighted by Crippen LogP contribution is 2.20. The molecule has 0 saturated heterocycles. The first-order valence-electron chi connectivity index (χ1n) is 6.36. The Hall–Kier alpha value is -0.380. The van der Waals surface area contributed by atoms with Crippen molar-refractivity contribution in [1.82, 2.24) is 5.32 Å². The van der Waals surface area contributed by atoms with Gasteiger partial charge in [0, 0.05) is 12.6 Å². The Morgan fingerprint density at radius 1 is 1.50 bits per heavy atom. The molecule has 2 N–H and O–H groups in total. The summed E-state index contributed by atoms with van der Waals surface area (Å²) in [6, 6.07) is 0.374. The largest absolute Gasteiger partial charge is 0.389 e. The molecule has 0 aromatic rings. The maximum Gasteiger partial charge on any atom is 0.0897 e. The van der Waals surface area contributed by atoms with Gasteiger partial charge in [0.1, 0.15) is 0 Å². The normalized spacial score (nSPS) is 20.9. The molecule has 0 amide bonds. The third-order valence-corrected chi connectivity index (χ3v) is 3.05. The van der Waals surface area contributed by atoms with Crippen molar-refractivity contribution >= 4 is 0 Å². The van der Waals surface area contributed by atoms with E-state index in [0.29, 0.717) is 25.3 Å². The Kier molecular flexibility index (Phi) is 6.69. The molecule has 0 radical (unpaired) electrons. The molecule has 3 nitrogen and oxygen atoms in total. The van der Waals surface area contributed by atoms with Crippen molar-refractivity contribution in [2.24, 2.45) is 0 Å². The third-order valence-electron chi connectivity index (χ3n) is 3.05. The Balaban J connectivity index is 2.01. The summed E-state index contributed by atoms with van der Waals surface area (Å²) in [7, 11) is 0. The van der Waals surface area contributed by atoms with Crippen LogP contribution in [0.2, 0.25) is 0 Å². The summed E-state index contributed by atoms with van der Waals surface area (Å²) in [5, 5.41) is 13.0. The van der Waals surface area contributed by atoms with Gasteiger partial charge >= 0.3 is 0 Å². The van der Waals surface area contributed by atoms with Gasteiger partial charge in [-0.2, -0.15) is 0 Å². The second-order valence-electron chi connectivity index (χ2n) is 4.73. The average molecular weight is 227 g/mol. The SMILES string of the molecule is C=CCC(C)NCC(O)COC1CCCC1. The van der Waals surface area contributed by atoms with Gasteiger partial charge in [0.2, 0.25) is 0 Å². The van der Waals surface area contributed by atoms with Crippen LogP contribution in [0.4, 0.5) is 0 Å². The molecule has 2 unspecified atom stereocenters. The highest BCUT2D eigenvalue weighted by atomic mass is 16.5. The van der Waals surface area contributed by atoms with Gasteiger partial charge in [-0.05, 0) is 26.2 Å². The first kappa shape index (κ1) is 13.7. The number of hydrogen-bond acceptors (Lipinski definition) is 3. The van der Waals surface area contributed by atoms with E-state index in [-0.39, 0.29) is 0 Å². The van der Waals surface area contributed by atoms with Crippen molar-refractivity contribution in [3.8, 4) is 0 Å². The Bertz CT molecular complexity index is 190. The number of nitrogens with one attached hydrogen (secondary N) is 1. The summed E-state index contributed by atoms with van der Waals surface area (Å²) in [6.45, 7) is 6.83. The fourth-order valence-electron chi connectivity index (χ4n) is 2.03. The predicted octanol–water partition coefficient (Wildman–Crippen LogP) is 1.86. The highest BCUT2D eigenvalue weighted by Gasteiger charge is 2.16. The lowest BCUT2D eigenvalue weighted by molar-refractivity contribution is -0.00605. The summed E-state index contributed by atoms with van der Waals surface area (Å²) < 4.78 is 5.65. The maximum atomic E-state index is 9.71. The van der Waals surface area contributed by atoms with Crippen LogP contribution in [-0.2, 0) is 4.74 Å². The highest BCUT2D eigenvalue weighted by molar-refractivity contribution is 4.76. The minimum absolute atomic E-state index is 0.374. The standard InChI is InChI=1S/C13H25NO2/c1-3-6-11(2)14-9-12(15)10-16-13-7-4-5-8-13/h3,11-15H,1,4-10H2,2H3. The molecule has 0 aromatic carbocycles. The average Bonchev–Trinajstić information content (AvgIpc) is 2.77. The van der Waals surface area contributed by atoms with E-state index in [1.165, 1.54) is 12.8 Å². The van der Waals surface area contributed by atoms with Gasteiger partial charge in [-0.3, -0.25) is 0 Å². The zero-order valence-corrected chi connectivity index (χ0v) is 10.3. The number of ether oxygens (including phenoxy) is 1. The van der Waals surface area contributed by atoms with Crippen molar-refractivity contribution in [3.05, 3.63) is 12.7 Å². The van der Waals surface area contributed by atoms with E-state index in [4.69, 9.17) is 4.74 Å². The molecule has 2 atom stereocenters. The van der Waals surface area contributed by atoms with Gasteiger partial charge in [-0.25, -0.2) is 0 Å². The number of aliphatic hydroxyl groups excluding tert-OH is 1. The van der Waals surface area contributed by atoms with Crippen molar-refractivity contribution < 1.29 is 9.84 Å². The van der Waals surface area contributed by atoms with E-state index in [0.717, 1.165) is 19.3 Å². The molecule has 1 aliphatic rings. The van der Waals surface area contributed by atoms with Crippen LogP contribution in [-0.4, -0.2) is 36.5 Å². The first-order chi connectivity index (χ1) is 7.72. The second kappa shape index (κ2) is 7.82. The van der Waals surface area contributed by atoms with E-state index >= 15 is 0 Å². The van der Waals surface area contributed by atoms with Gasteiger partial charge in [0.25, 0.3) is 0 Å². The van der Waals surface area contributed by atoms with Crippen LogP contribution in [0.3, 0.4) is 0 Å². The Morgan fingerprint density at radius 3 is 2.81 bits per heavy atom. The van der Waals surface area contributed by atoms with Crippen LogP contribution in [0.1, 0.15) is 39.0 Å². The molecule has 0 aliphatic heterocycles. The van der Waals surface area contributed by atoms with E-state index in [1.54, 1.807) is 0 Å². The van der Waals surface area contributed by atoms with Gasteiger partial charge in [-0.15, -0.1) is 6.58 Å². The van der Waals surface area contributed by atoms with Gasteiger partial charge in [0.15, 0.2) is 0 Å². The van der Waals surface area contributed by atoms with Crippen molar-refractivity contribution in [2.75, 3.05) is 13.2 Å². The Morgan fingerprint density at radius 2 is 2.19 bits per heavy atom. The number of aliphatic hydroxyl groups is 1. The third kappa shape index (κ3) is 5.64. The van der Waals surface area contributed by atoms with E-state index in [9.17, 15) is 5.11 Å². The summed E-state index contributed by atoms with van der Waals surface area (Å²) >= 11 is 0. The fourth-order valence-corrected chi connectivity index (χ4v) is 2.03. The van der Waals surface area contributed by atoms with Gasteiger partial charge < -0.3 is 15.2 Å². The zero-order chi connectivity index (χ0) is 11.8. The molecule has 1 aliphatic carbocycles. The molecule has 94 valence electrons. The van der Waals surface area contributed by atoms with E-state index < -0.39 is 6.10 Å². The van der Waals surface area contributed by atoms with Gasteiger partial charge in [0.05, 0.1) is 18.8 Å². The summed E-state index contributed by atoms with van der Waals surface area (Å²) in [6.07, 6.45) is 7.67. The van der Waals surface area contributed by atoms with Crippen LogP contribution in [0.25, 0.3) is 0 Å². The van der Waals surface area contributed by atoms with Crippen molar-refractivity contribution in [2.45, 2.75) is 57.3 Å². The molecular formula is C13H25NO2. The molecule has 0 heterocycles. The van der Waals surface area contributed by atoms with Crippen molar-refractivity contribution in [1.29, 1.82) is 0 Å². The monoisotopic (exact) mass is 227 g/mol. The summed E-state index contributed by atoms with van der Waals surface area (Å²) in [5.74, 6) is 0. The van der Waals surface area contributed by atoms with Crippen LogP contribution in [0.15, 0.2) is 12.7 Å². The molecule has 0 aromatic heterocycles. The summed E-state index contributed by atoms with van der Waals surface area (Å²) in [4.78, 5) is 0. The second-order valence-corrected chi connectivity index (χ2v) is 4.73. The molecule has 0 bridgehead atoms.